The van der Waals surface area contributed by atoms with E-state index >= 15 is 0 Å². The Bertz CT molecular complexity index is 292. The third-order valence-electron chi connectivity index (χ3n) is 2.31. The molecule has 0 spiro atoms. The van der Waals surface area contributed by atoms with Crippen LogP contribution in [0.4, 0.5) is 0 Å². The van der Waals surface area contributed by atoms with Crippen LogP contribution < -0.4 is 0 Å². The molecule has 0 atom stereocenters. The fourth-order valence-corrected chi connectivity index (χ4v) is 1.62. The Morgan fingerprint density at radius 1 is 1.62 bits per heavy atom. The molecule has 0 N–H and O–H groups in total. The quantitative estimate of drug-likeness (QED) is 0.667. The van der Waals surface area contributed by atoms with Crippen molar-refractivity contribution < 1.29 is 0 Å². The predicted octanol–water partition coefficient (Wildman–Crippen LogP) is 2.59. The summed E-state index contributed by atoms with van der Waals surface area (Å²) in [5.74, 6) is 2.78. The Morgan fingerprint density at radius 3 is 2.77 bits per heavy atom. The van der Waals surface area contributed by atoms with Gasteiger partial charge in [0.25, 0.3) is 0 Å². The number of thiophene rings is 1. The molecular formula is C11H15NS. The highest BCUT2D eigenvalue weighted by Gasteiger charge is 2.19. The predicted molar refractivity (Wildman–Crippen MR) is 58.7 cm³/mol. The lowest BCUT2D eigenvalue weighted by atomic mass is 10.0. The van der Waals surface area contributed by atoms with Gasteiger partial charge in [0.1, 0.15) is 0 Å². The summed E-state index contributed by atoms with van der Waals surface area (Å²) in [5.41, 5.74) is 1.16. The van der Waals surface area contributed by atoms with Crippen LogP contribution in [0, 0.1) is 12.3 Å². The largest absolute Gasteiger partial charge is 0.287 e. The normalized spacial score (nSPS) is 11.6. The van der Waals surface area contributed by atoms with Crippen LogP contribution in [0.1, 0.15) is 19.4 Å². The van der Waals surface area contributed by atoms with Gasteiger partial charge >= 0.3 is 0 Å². The fourth-order valence-electron chi connectivity index (χ4n) is 0.964. The maximum atomic E-state index is 5.45. The molecule has 0 aliphatic rings. The maximum absolute atomic E-state index is 5.45. The van der Waals surface area contributed by atoms with Crippen LogP contribution in [0.15, 0.2) is 16.8 Å². The first kappa shape index (κ1) is 10.3. The van der Waals surface area contributed by atoms with Crippen molar-refractivity contribution in [3.05, 3.63) is 22.4 Å². The molecule has 0 aliphatic heterocycles. The summed E-state index contributed by atoms with van der Waals surface area (Å²) < 4.78 is 0. The Hall–Kier alpha value is -0.780. The molecule has 13 heavy (non-hydrogen) atoms. The molecule has 0 amide bonds. The van der Waals surface area contributed by atoms with Crippen LogP contribution in [0.25, 0.3) is 0 Å². The highest BCUT2D eigenvalue weighted by atomic mass is 32.1. The van der Waals surface area contributed by atoms with E-state index in [4.69, 9.17) is 6.42 Å². The van der Waals surface area contributed by atoms with Gasteiger partial charge in [-0.2, -0.15) is 11.3 Å². The van der Waals surface area contributed by atoms with Crippen molar-refractivity contribution in [1.29, 1.82) is 0 Å². The number of hydrogen-bond acceptors (Lipinski definition) is 2. The second-order valence-corrected chi connectivity index (χ2v) is 4.47. The summed E-state index contributed by atoms with van der Waals surface area (Å²) >= 11 is 1.72. The second kappa shape index (κ2) is 3.95. The van der Waals surface area contributed by atoms with Crippen molar-refractivity contribution in [3.8, 4) is 12.3 Å². The molecule has 0 radical (unpaired) electrons. The van der Waals surface area contributed by atoms with Crippen molar-refractivity contribution >= 4 is 11.3 Å². The summed E-state index contributed by atoms with van der Waals surface area (Å²) in [6.45, 7) is 5.03. The molecule has 1 nitrogen and oxygen atoms in total. The second-order valence-electron chi connectivity index (χ2n) is 3.69. The first-order valence-electron chi connectivity index (χ1n) is 4.26. The number of nitrogens with zero attached hydrogens (tertiary/aromatic N) is 1. The van der Waals surface area contributed by atoms with Gasteiger partial charge in [0.05, 0.1) is 5.54 Å². The first-order valence-corrected chi connectivity index (χ1v) is 5.20. The van der Waals surface area contributed by atoms with Gasteiger partial charge in [-0.3, -0.25) is 4.90 Å². The van der Waals surface area contributed by atoms with Gasteiger partial charge in [0.2, 0.25) is 0 Å². The molecule has 0 aliphatic carbocycles. The molecule has 1 aromatic heterocycles. The number of rotatable bonds is 3. The van der Waals surface area contributed by atoms with Gasteiger partial charge in [-0.1, -0.05) is 5.92 Å². The summed E-state index contributed by atoms with van der Waals surface area (Å²) in [4.78, 5) is 2.18. The zero-order valence-corrected chi connectivity index (χ0v) is 9.19. The van der Waals surface area contributed by atoms with Gasteiger partial charge in [-0.25, -0.2) is 0 Å². The summed E-state index contributed by atoms with van der Waals surface area (Å²) in [5, 5.41) is 4.25. The van der Waals surface area contributed by atoms with E-state index in [1.165, 1.54) is 5.56 Å². The smallest absolute Gasteiger partial charge is 0.0766 e. The number of hydrogen-bond donors (Lipinski definition) is 0. The van der Waals surface area contributed by atoms with Gasteiger partial charge < -0.3 is 0 Å². The van der Waals surface area contributed by atoms with Gasteiger partial charge in [-0.15, -0.1) is 6.42 Å². The zero-order chi connectivity index (χ0) is 9.90. The van der Waals surface area contributed by atoms with E-state index in [2.05, 4.69) is 48.5 Å². The van der Waals surface area contributed by atoms with Gasteiger partial charge in [-0.05, 0) is 43.3 Å². The molecule has 1 aromatic rings. The summed E-state index contributed by atoms with van der Waals surface area (Å²) in [6.07, 6.45) is 5.45. The van der Waals surface area contributed by atoms with E-state index in [1.807, 2.05) is 0 Å². The van der Waals surface area contributed by atoms with E-state index in [0.29, 0.717) is 0 Å². The van der Waals surface area contributed by atoms with E-state index in [1.54, 1.807) is 11.3 Å². The fraction of sp³-hybridized carbons (Fsp3) is 0.455. The molecule has 1 heterocycles. The van der Waals surface area contributed by atoms with Crippen molar-refractivity contribution in [2.45, 2.75) is 25.9 Å². The van der Waals surface area contributed by atoms with Crippen molar-refractivity contribution in [3.63, 3.8) is 0 Å². The van der Waals surface area contributed by atoms with E-state index < -0.39 is 0 Å². The maximum Gasteiger partial charge on any atom is 0.0766 e. The molecule has 0 fully saturated rings. The SMILES string of the molecule is C#CC(C)(C)N(C)Cc1ccsc1. The Labute approximate surface area is 84.4 Å². The standard InChI is InChI=1S/C11H15NS/c1-5-11(2,3)12(4)8-10-6-7-13-9-10/h1,6-7,9H,8H2,2-4H3. The Kier molecular flexibility index (Phi) is 3.13. The average molecular weight is 193 g/mol. The third-order valence-corrected chi connectivity index (χ3v) is 3.04. The first-order chi connectivity index (χ1) is 6.06. The highest BCUT2D eigenvalue weighted by molar-refractivity contribution is 7.07. The minimum absolute atomic E-state index is 0.165. The lowest BCUT2D eigenvalue weighted by Gasteiger charge is -2.30. The van der Waals surface area contributed by atoms with Crippen molar-refractivity contribution in [2.24, 2.45) is 0 Å². The lowest BCUT2D eigenvalue weighted by Crippen LogP contribution is -2.38. The van der Waals surface area contributed by atoms with Crippen molar-refractivity contribution in [1.82, 2.24) is 4.90 Å². The van der Waals surface area contributed by atoms with E-state index in [-0.39, 0.29) is 5.54 Å². The van der Waals surface area contributed by atoms with Crippen LogP contribution in [-0.2, 0) is 6.54 Å². The van der Waals surface area contributed by atoms with Gasteiger partial charge in [0, 0.05) is 6.54 Å². The molecule has 2 heteroatoms. The van der Waals surface area contributed by atoms with Crippen LogP contribution in [0.5, 0.6) is 0 Å². The topological polar surface area (TPSA) is 3.24 Å². The van der Waals surface area contributed by atoms with Crippen LogP contribution in [-0.4, -0.2) is 17.5 Å². The number of terminal acetylenes is 1. The Balaban J connectivity index is 2.62. The van der Waals surface area contributed by atoms with Crippen LogP contribution in [0.2, 0.25) is 0 Å². The van der Waals surface area contributed by atoms with E-state index in [9.17, 15) is 0 Å². The van der Waals surface area contributed by atoms with Gasteiger partial charge in [0.15, 0.2) is 0 Å². The van der Waals surface area contributed by atoms with E-state index in [0.717, 1.165) is 6.54 Å². The molecular weight excluding hydrogens is 178 g/mol. The summed E-state index contributed by atoms with van der Waals surface area (Å²) in [6, 6.07) is 2.13. The Morgan fingerprint density at radius 2 is 2.31 bits per heavy atom. The minimum Gasteiger partial charge on any atom is -0.287 e. The van der Waals surface area contributed by atoms with Crippen LogP contribution >= 0.6 is 11.3 Å². The molecule has 0 bridgehead atoms. The lowest BCUT2D eigenvalue weighted by molar-refractivity contribution is 0.205. The average Bonchev–Trinajstić information content (AvgIpc) is 2.57. The molecule has 70 valence electrons. The summed E-state index contributed by atoms with van der Waals surface area (Å²) in [7, 11) is 2.05. The van der Waals surface area contributed by atoms with Crippen molar-refractivity contribution in [2.75, 3.05) is 7.05 Å². The highest BCUT2D eigenvalue weighted by Crippen LogP contribution is 2.16. The minimum atomic E-state index is -0.165. The molecule has 0 saturated heterocycles. The van der Waals surface area contributed by atoms with Crippen LogP contribution in [0.3, 0.4) is 0 Å². The zero-order valence-electron chi connectivity index (χ0n) is 8.37. The molecule has 0 aromatic carbocycles. The molecule has 0 saturated carbocycles. The molecule has 0 unspecified atom stereocenters. The monoisotopic (exact) mass is 193 g/mol. The third kappa shape index (κ3) is 2.58. The molecule has 1 rings (SSSR count).